The van der Waals surface area contributed by atoms with E-state index in [1.54, 1.807) is 6.07 Å². The number of aryl methyl sites for hydroxylation is 1. The number of ether oxygens (including phenoxy) is 1. The van der Waals surface area contributed by atoms with Gasteiger partial charge in [-0.15, -0.1) is 0 Å². The molecule has 2 unspecified atom stereocenters. The Labute approximate surface area is 125 Å². The summed E-state index contributed by atoms with van der Waals surface area (Å²) >= 11 is 3.52. The monoisotopic (exact) mass is 335 g/mol. The average Bonchev–Trinajstić information content (AvgIpc) is 2.41. The van der Waals surface area contributed by atoms with E-state index < -0.39 is 0 Å². The second kappa shape index (κ2) is 5.19. The molecule has 0 bridgehead atoms. The van der Waals surface area contributed by atoms with Crippen LogP contribution in [-0.2, 0) is 0 Å². The number of hydrogen-bond acceptors (Lipinski definition) is 2. The average molecular weight is 336 g/mol. The standard InChI is InChI=1S/C16H15BrFNO/c1-9-2-3-10(6-13(9)17)15-8-14(19)12-5-4-11(18)7-16(12)20-15/h2-7,14-15H,8,19H2,1H3. The molecule has 0 fully saturated rings. The number of fused-ring (bicyclic) bond motifs is 1. The Balaban J connectivity index is 1.96. The predicted molar refractivity (Wildman–Crippen MR) is 80.2 cm³/mol. The van der Waals surface area contributed by atoms with Crippen LogP contribution in [-0.4, -0.2) is 0 Å². The third-order valence-electron chi connectivity index (χ3n) is 3.68. The fourth-order valence-corrected chi connectivity index (χ4v) is 2.89. The maximum absolute atomic E-state index is 13.3. The number of halogens is 2. The first-order valence-electron chi connectivity index (χ1n) is 6.52. The fourth-order valence-electron chi connectivity index (χ4n) is 2.49. The molecule has 2 atom stereocenters. The van der Waals surface area contributed by atoms with Crippen molar-refractivity contribution in [3.8, 4) is 5.75 Å². The van der Waals surface area contributed by atoms with Crippen LogP contribution in [0.25, 0.3) is 0 Å². The van der Waals surface area contributed by atoms with E-state index in [1.807, 2.05) is 25.1 Å². The first-order chi connectivity index (χ1) is 9.54. The Bertz CT molecular complexity index is 659. The summed E-state index contributed by atoms with van der Waals surface area (Å²) in [6.45, 7) is 2.03. The quantitative estimate of drug-likeness (QED) is 0.837. The van der Waals surface area contributed by atoms with Crippen molar-refractivity contribution in [2.75, 3.05) is 0 Å². The van der Waals surface area contributed by atoms with Gasteiger partial charge in [0.05, 0.1) is 0 Å². The molecule has 2 aromatic rings. The Hall–Kier alpha value is -1.39. The van der Waals surface area contributed by atoms with E-state index in [0.29, 0.717) is 12.2 Å². The zero-order valence-corrected chi connectivity index (χ0v) is 12.7. The van der Waals surface area contributed by atoms with E-state index >= 15 is 0 Å². The van der Waals surface area contributed by atoms with E-state index in [2.05, 4.69) is 15.9 Å². The molecule has 0 radical (unpaired) electrons. The largest absolute Gasteiger partial charge is 0.485 e. The number of benzene rings is 2. The maximum Gasteiger partial charge on any atom is 0.127 e. The van der Waals surface area contributed by atoms with Gasteiger partial charge >= 0.3 is 0 Å². The lowest BCUT2D eigenvalue weighted by molar-refractivity contribution is 0.160. The van der Waals surface area contributed by atoms with Gasteiger partial charge in [0, 0.05) is 28.6 Å². The zero-order valence-electron chi connectivity index (χ0n) is 11.1. The highest BCUT2D eigenvalue weighted by molar-refractivity contribution is 9.10. The molecular weight excluding hydrogens is 321 g/mol. The lowest BCUT2D eigenvalue weighted by Gasteiger charge is -2.30. The molecule has 2 N–H and O–H groups in total. The molecule has 1 heterocycles. The molecule has 1 aliphatic heterocycles. The van der Waals surface area contributed by atoms with Crippen molar-refractivity contribution in [2.45, 2.75) is 25.5 Å². The van der Waals surface area contributed by atoms with Crippen molar-refractivity contribution >= 4 is 15.9 Å². The van der Waals surface area contributed by atoms with E-state index in [9.17, 15) is 4.39 Å². The third-order valence-corrected chi connectivity index (χ3v) is 4.53. The summed E-state index contributed by atoms with van der Waals surface area (Å²) < 4.78 is 20.3. The Morgan fingerprint density at radius 3 is 2.80 bits per heavy atom. The van der Waals surface area contributed by atoms with E-state index in [1.165, 1.54) is 17.7 Å². The fraction of sp³-hybridized carbons (Fsp3) is 0.250. The van der Waals surface area contributed by atoms with Crippen molar-refractivity contribution in [2.24, 2.45) is 5.73 Å². The summed E-state index contributed by atoms with van der Waals surface area (Å²) in [5.41, 5.74) is 9.26. The summed E-state index contributed by atoms with van der Waals surface area (Å²) in [5.74, 6) is 0.243. The molecule has 20 heavy (non-hydrogen) atoms. The van der Waals surface area contributed by atoms with Crippen LogP contribution in [0.4, 0.5) is 4.39 Å². The normalized spacial score (nSPS) is 21.2. The second-order valence-electron chi connectivity index (χ2n) is 5.14. The van der Waals surface area contributed by atoms with Gasteiger partial charge in [-0.25, -0.2) is 4.39 Å². The number of nitrogens with two attached hydrogens (primary N) is 1. The number of rotatable bonds is 1. The Morgan fingerprint density at radius 1 is 1.25 bits per heavy atom. The second-order valence-corrected chi connectivity index (χ2v) is 5.99. The molecule has 0 aromatic heterocycles. The molecule has 0 spiro atoms. The number of hydrogen-bond donors (Lipinski definition) is 1. The third kappa shape index (κ3) is 2.45. The summed E-state index contributed by atoms with van der Waals surface area (Å²) in [6, 6.07) is 10.5. The summed E-state index contributed by atoms with van der Waals surface area (Å²) in [5, 5.41) is 0. The van der Waals surface area contributed by atoms with Gasteiger partial charge in [0.15, 0.2) is 0 Å². The van der Waals surface area contributed by atoms with Crippen LogP contribution in [0.3, 0.4) is 0 Å². The predicted octanol–water partition coefficient (Wildman–Crippen LogP) is 4.42. The van der Waals surface area contributed by atoms with Crippen LogP contribution in [0.15, 0.2) is 40.9 Å². The Kier molecular flexibility index (Phi) is 3.52. The molecule has 1 aliphatic rings. The highest BCUT2D eigenvalue weighted by Gasteiger charge is 2.27. The molecular formula is C16H15BrFNO. The van der Waals surface area contributed by atoms with Gasteiger partial charge in [-0.3, -0.25) is 0 Å². The highest BCUT2D eigenvalue weighted by Crippen LogP contribution is 2.40. The zero-order chi connectivity index (χ0) is 14.3. The van der Waals surface area contributed by atoms with E-state index in [-0.39, 0.29) is 18.0 Å². The molecule has 0 saturated carbocycles. The molecule has 2 aromatic carbocycles. The molecule has 0 aliphatic carbocycles. The van der Waals surface area contributed by atoms with Crippen LogP contribution >= 0.6 is 15.9 Å². The van der Waals surface area contributed by atoms with Gasteiger partial charge in [0.2, 0.25) is 0 Å². The van der Waals surface area contributed by atoms with Crippen LogP contribution in [0.5, 0.6) is 5.75 Å². The topological polar surface area (TPSA) is 35.2 Å². The van der Waals surface area contributed by atoms with Gasteiger partial charge in [0.25, 0.3) is 0 Å². The van der Waals surface area contributed by atoms with Gasteiger partial charge in [-0.05, 0) is 30.2 Å². The van der Waals surface area contributed by atoms with Gasteiger partial charge < -0.3 is 10.5 Å². The van der Waals surface area contributed by atoms with Crippen molar-refractivity contribution < 1.29 is 9.13 Å². The SMILES string of the molecule is Cc1ccc(C2CC(N)c3ccc(F)cc3O2)cc1Br. The maximum atomic E-state index is 13.3. The molecule has 0 amide bonds. The first-order valence-corrected chi connectivity index (χ1v) is 7.31. The van der Waals surface area contributed by atoms with Crippen LogP contribution in [0.1, 0.15) is 35.3 Å². The van der Waals surface area contributed by atoms with Crippen LogP contribution in [0, 0.1) is 12.7 Å². The Morgan fingerprint density at radius 2 is 2.05 bits per heavy atom. The molecule has 0 saturated heterocycles. The lowest BCUT2D eigenvalue weighted by atomic mass is 9.93. The van der Waals surface area contributed by atoms with Crippen molar-refractivity contribution in [1.82, 2.24) is 0 Å². The van der Waals surface area contributed by atoms with Crippen molar-refractivity contribution in [3.63, 3.8) is 0 Å². The van der Waals surface area contributed by atoms with E-state index in [4.69, 9.17) is 10.5 Å². The summed E-state index contributed by atoms with van der Waals surface area (Å²) in [7, 11) is 0. The van der Waals surface area contributed by atoms with Crippen LogP contribution in [0.2, 0.25) is 0 Å². The summed E-state index contributed by atoms with van der Waals surface area (Å²) in [6.07, 6.45) is 0.546. The van der Waals surface area contributed by atoms with Gasteiger partial charge in [-0.1, -0.05) is 34.1 Å². The smallest absolute Gasteiger partial charge is 0.127 e. The van der Waals surface area contributed by atoms with Gasteiger partial charge in [0.1, 0.15) is 17.7 Å². The molecule has 2 nitrogen and oxygen atoms in total. The van der Waals surface area contributed by atoms with Crippen molar-refractivity contribution in [3.05, 3.63) is 63.4 Å². The first kappa shape index (κ1) is 13.6. The minimum absolute atomic E-state index is 0.135. The van der Waals surface area contributed by atoms with Crippen LogP contribution < -0.4 is 10.5 Å². The molecule has 4 heteroatoms. The minimum atomic E-state index is -0.304. The summed E-state index contributed by atoms with van der Waals surface area (Å²) in [4.78, 5) is 0. The van der Waals surface area contributed by atoms with E-state index in [0.717, 1.165) is 15.6 Å². The molecule has 104 valence electrons. The minimum Gasteiger partial charge on any atom is -0.485 e. The molecule has 3 rings (SSSR count). The highest BCUT2D eigenvalue weighted by atomic mass is 79.9. The van der Waals surface area contributed by atoms with Crippen molar-refractivity contribution in [1.29, 1.82) is 0 Å². The van der Waals surface area contributed by atoms with Gasteiger partial charge in [-0.2, -0.15) is 0 Å². The lowest BCUT2D eigenvalue weighted by Crippen LogP contribution is -2.24.